The van der Waals surface area contributed by atoms with Crippen LogP contribution in [0.25, 0.3) is 0 Å². The van der Waals surface area contributed by atoms with Crippen molar-refractivity contribution in [2.24, 2.45) is 22.2 Å². The molecule has 1 rings (SSSR count). The molecule has 2 amide bonds. The van der Waals surface area contributed by atoms with Crippen LogP contribution in [0.15, 0.2) is 0 Å². The Balaban J connectivity index is 3.03. The fourth-order valence-electron chi connectivity index (χ4n) is 5.52. The molecular formula is C29H52N2O6. The lowest BCUT2D eigenvalue weighted by Crippen LogP contribution is -2.52. The van der Waals surface area contributed by atoms with E-state index < -0.39 is 28.4 Å². The molecule has 8 nitrogen and oxygen atoms in total. The van der Waals surface area contributed by atoms with Gasteiger partial charge >= 0.3 is 11.9 Å². The van der Waals surface area contributed by atoms with E-state index in [1.165, 1.54) is 7.11 Å². The number of ether oxygens (including phenoxy) is 2. The summed E-state index contributed by atoms with van der Waals surface area (Å²) in [5, 5.41) is 2.95. The third kappa shape index (κ3) is 8.99. The SMILES string of the molecule is CCCCC(CC)COC(=O)C(C)(CC)CC(C)(CC(C)(C)C(=O)NC(C)N1CCCC1=O)C(=O)OC. The summed E-state index contributed by atoms with van der Waals surface area (Å²) in [6.45, 7) is 16.1. The van der Waals surface area contributed by atoms with Crippen molar-refractivity contribution in [3.63, 3.8) is 0 Å². The zero-order chi connectivity index (χ0) is 28.4. The number of nitrogens with zero attached hydrogens (tertiary/aromatic N) is 1. The summed E-state index contributed by atoms with van der Waals surface area (Å²) in [6, 6.07) is 0. The van der Waals surface area contributed by atoms with E-state index in [4.69, 9.17) is 9.47 Å². The topological polar surface area (TPSA) is 102 Å². The Kier molecular flexibility index (Phi) is 12.6. The molecule has 0 spiro atoms. The maximum absolute atomic E-state index is 13.3. The van der Waals surface area contributed by atoms with Gasteiger partial charge in [-0.05, 0) is 58.8 Å². The monoisotopic (exact) mass is 524 g/mol. The number of amides is 2. The highest BCUT2D eigenvalue weighted by Crippen LogP contribution is 2.45. The highest BCUT2D eigenvalue weighted by molar-refractivity contribution is 5.85. The molecule has 1 N–H and O–H groups in total. The quantitative estimate of drug-likeness (QED) is 0.277. The number of esters is 2. The van der Waals surface area contributed by atoms with E-state index in [9.17, 15) is 19.2 Å². The summed E-state index contributed by atoms with van der Waals surface area (Å²) in [5.41, 5.74) is -2.96. The number of carbonyl (C=O) groups excluding carboxylic acids is 4. The molecule has 1 aliphatic rings. The number of nitrogens with one attached hydrogen (secondary N) is 1. The summed E-state index contributed by atoms with van der Waals surface area (Å²) in [4.78, 5) is 53.5. The molecule has 37 heavy (non-hydrogen) atoms. The van der Waals surface area contributed by atoms with Crippen molar-refractivity contribution < 1.29 is 28.7 Å². The molecule has 0 aromatic heterocycles. The molecule has 1 saturated heterocycles. The fraction of sp³-hybridized carbons (Fsp3) is 0.862. The lowest BCUT2D eigenvalue weighted by molar-refractivity contribution is -0.165. The van der Waals surface area contributed by atoms with E-state index in [0.717, 1.165) is 32.1 Å². The molecule has 8 heteroatoms. The van der Waals surface area contributed by atoms with Crippen molar-refractivity contribution in [2.45, 2.75) is 119 Å². The van der Waals surface area contributed by atoms with Crippen LogP contribution in [0.1, 0.15) is 113 Å². The lowest BCUT2D eigenvalue weighted by Gasteiger charge is -2.40. The molecule has 0 aliphatic carbocycles. The zero-order valence-corrected chi connectivity index (χ0v) is 24.8. The molecule has 0 aromatic rings. The third-order valence-electron chi connectivity index (χ3n) is 8.09. The fourth-order valence-corrected chi connectivity index (χ4v) is 5.52. The Hall–Kier alpha value is -2.12. The molecule has 1 fully saturated rings. The van der Waals surface area contributed by atoms with Crippen LogP contribution in [-0.2, 0) is 28.7 Å². The number of hydrogen-bond donors (Lipinski definition) is 1. The Morgan fingerprint density at radius 3 is 2.16 bits per heavy atom. The van der Waals surface area contributed by atoms with E-state index in [0.29, 0.717) is 31.9 Å². The van der Waals surface area contributed by atoms with E-state index in [1.54, 1.807) is 32.6 Å². The largest absolute Gasteiger partial charge is 0.469 e. The Morgan fingerprint density at radius 2 is 1.68 bits per heavy atom. The van der Waals surface area contributed by atoms with Crippen molar-refractivity contribution in [1.82, 2.24) is 10.2 Å². The predicted molar refractivity (Wildman–Crippen MR) is 144 cm³/mol. The van der Waals surface area contributed by atoms with Crippen molar-refractivity contribution in [1.29, 1.82) is 0 Å². The first-order chi connectivity index (χ1) is 17.2. The summed E-state index contributed by atoms with van der Waals surface area (Å²) in [7, 11) is 1.33. The molecule has 214 valence electrons. The molecule has 1 aliphatic heterocycles. The Morgan fingerprint density at radius 1 is 1.03 bits per heavy atom. The van der Waals surface area contributed by atoms with Gasteiger partial charge in [-0.1, -0.05) is 53.9 Å². The number of carbonyl (C=O) groups is 4. The minimum absolute atomic E-state index is 0.0298. The van der Waals surface area contributed by atoms with E-state index in [2.05, 4.69) is 19.2 Å². The normalized spacial score (nSPS) is 18.9. The average molecular weight is 525 g/mol. The van der Waals surface area contributed by atoms with Crippen LogP contribution >= 0.6 is 0 Å². The molecule has 1 heterocycles. The van der Waals surface area contributed by atoms with Crippen LogP contribution in [0.3, 0.4) is 0 Å². The van der Waals surface area contributed by atoms with Crippen LogP contribution in [-0.4, -0.2) is 55.1 Å². The highest BCUT2D eigenvalue weighted by atomic mass is 16.5. The standard InChI is InChI=1S/C29H52N2O6/c1-10-13-15-22(11-2)18-37-26(35)28(7,12-3)20-29(8,25(34)36-9)19-27(5,6)24(33)30-21(4)31-17-14-16-23(31)32/h21-22H,10-20H2,1-9H3,(H,30,33). The van der Waals surface area contributed by atoms with Gasteiger partial charge in [0, 0.05) is 18.4 Å². The van der Waals surface area contributed by atoms with Gasteiger partial charge in [-0.2, -0.15) is 0 Å². The summed E-state index contributed by atoms with van der Waals surface area (Å²) < 4.78 is 11.0. The summed E-state index contributed by atoms with van der Waals surface area (Å²) in [6.07, 6.45) is 5.88. The highest BCUT2D eigenvalue weighted by Gasteiger charge is 2.49. The molecule has 0 saturated carbocycles. The van der Waals surface area contributed by atoms with Crippen LogP contribution in [0.2, 0.25) is 0 Å². The minimum Gasteiger partial charge on any atom is -0.469 e. The first-order valence-electron chi connectivity index (χ1n) is 14.1. The molecular weight excluding hydrogens is 472 g/mol. The maximum Gasteiger partial charge on any atom is 0.311 e. The molecule has 4 atom stereocenters. The molecule has 0 radical (unpaired) electrons. The van der Waals surface area contributed by atoms with Gasteiger partial charge in [0.1, 0.15) is 6.17 Å². The first-order valence-corrected chi connectivity index (χ1v) is 14.1. The first kappa shape index (κ1) is 32.9. The number of likely N-dealkylation sites (tertiary alicyclic amines) is 1. The van der Waals surface area contributed by atoms with Gasteiger partial charge < -0.3 is 19.7 Å². The second-order valence-corrected chi connectivity index (χ2v) is 12.1. The van der Waals surface area contributed by atoms with E-state index >= 15 is 0 Å². The van der Waals surface area contributed by atoms with E-state index in [-0.39, 0.29) is 30.6 Å². The van der Waals surface area contributed by atoms with Crippen LogP contribution in [0.4, 0.5) is 0 Å². The van der Waals surface area contributed by atoms with Gasteiger partial charge in [0.15, 0.2) is 0 Å². The van der Waals surface area contributed by atoms with Gasteiger partial charge in [-0.25, -0.2) is 0 Å². The Bertz CT molecular complexity index is 797. The van der Waals surface area contributed by atoms with Crippen LogP contribution in [0, 0.1) is 22.2 Å². The van der Waals surface area contributed by atoms with Gasteiger partial charge in [-0.3, -0.25) is 19.2 Å². The predicted octanol–water partition coefficient (Wildman–Crippen LogP) is 5.23. The third-order valence-corrected chi connectivity index (χ3v) is 8.09. The Labute approximate surface area is 224 Å². The number of rotatable bonds is 16. The van der Waals surface area contributed by atoms with Crippen LogP contribution in [0.5, 0.6) is 0 Å². The van der Waals surface area contributed by atoms with Crippen molar-refractivity contribution in [3.8, 4) is 0 Å². The van der Waals surface area contributed by atoms with Gasteiger partial charge in [0.25, 0.3) is 0 Å². The zero-order valence-electron chi connectivity index (χ0n) is 24.8. The van der Waals surface area contributed by atoms with Gasteiger partial charge in [-0.15, -0.1) is 0 Å². The minimum atomic E-state index is -1.10. The van der Waals surface area contributed by atoms with Crippen molar-refractivity contribution >= 4 is 23.8 Å². The van der Waals surface area contributed by atoms with Gasteiger partial charge in [0.05, 0.1) is 24.5 Å². The smallest absolute Gasteiger partial charge is 0.311 e. The van der Waals surface area contributed by atoms with Crippen LogP contribution < -0.4 is 5.32 Å². The molecule has 0 aromatic carbocycles. The number of methoxy groups -OCH3 is 1. The summed E-state index contributed by atoms with van der Waals surface area (Å²) in [5.74, 6) is -0.676. The number of hydrogen-bond acceptors (Lipinski definition) is 6. The molecule has 0 bridgehead atoms. The van der Waals surface area contributed by atoms with Crippen molar-refractivity contribution in [3.05, 3.63) is 0 Å². The molecule has 4 unspecified atom stereocenters. The number of unbranched alkanes of at least 4 members (excludes halogenated alkanes) is 1. The second kappa shape index (κ2) is 14.1. The van der Waals surface area contributed by atoms with E-state index in [1.807, 2.05) is 13.8 Å². The maximum atomic E-state index is 13.3. The summed E-state index contributed by atoms with van der Waals surface area (Å²) >= 11 is 0. The average Bonchev–Trinajstić information content (AvgIpc) is 3.28. The van der Waals surface area contributed by atoms with Crippen molar-refractivity contribution in [2.75, 3.05) is 20.3 Å². The second-order valence-electron chi connectivity index (χ2n) is 12.1. The van der Waals surface area contributed by atoms with Gasteiger partial charge in [0.2, 0.25) is 11.8 Å². The lowest BCUT2D eigenvalue weighted by atomic mass is 9.65.